The molecule has 3 nitrogen and oxygen atoms in total. The van der Waals surface area contributed by atoms with Crippen LogP contribution in [0.15, 0.2) is 4.90 Å². The molecule has 2 radical (unpaired) electrons. The maximum absolute atomic E-state index is 4.78. The fourth-order valence-corrected chi connectivity index (χ4v) is 0.183. The Hall–Kier alpha value is -0.310. The second-order valence-corrected chi connectivity index (χ2v) is 1.50. The van der Waals surface area contributed by atoms with Gasteiger partial charge in [-0.1, -0.05) is 6.92 Å². The molecule has 0 aromatic heterocycles. The van der Waals surface area contributed by atoms with Crippen LogP contribution in [-0.2, 0) is 0 Å². The van der Waals surface area contributed by atoms with Crippen molar-refractivity contribution in [3.8, 4) is 0 Å². The van der Waals surface area contributed by atoms with E-state index >= 15 is 0 Å². The Morgan fingerprint density at radius 1 is 1.40 bits per heavy atom. The predicted octanol–water partition coefficient (Wildman–Crippen LogP) is -0.292. The summed E-state index contributed by atoms with van der Waals surface area (Å²) in [6.07, 6.45) is 0. The van der Waals surface area contributed by atoms with Crippen LogP contribution in [0.4, 0.5) is 0 Å². The molecule has 56 valence electrons. The van der Waals surface area contributed by atoms with Crippen LogP contribution in [0.25, 0.3) is 0 Å². The molecule has 0 aromatic rings. The standard InChI is InChI=1S/C3H9BN2.C2H6BN/c1-3-6-4-5-2;1-2-4-3/h6H,3H2,1-2H3;4H,2H2,1H3. The summed E-state index contributed by atoms with van der Waals surface area (Å²) in [4.78, 5) is 3.69. The molecule has 0 atom stereocenters. The normalized spacial score (nSPS) is 7.90. The van der Waals surface area contributed by atoms with Crippen LogP contribution in [0.2, 0.25) is 0 Å². The Kier molecular flexibility index (Phi) is 19.6. The van der Waals surface area contributed by atoms with Crippen molar-refractivity contribution in [1.82, 2.24) is 10.5 Å². The maximum Gasteiger partial charge on any atom is 0.177 e. The van der Waals surface area contributed by atoms with Gasteiger partial charge < -0.3 is 5.23 Å². The molecule has 0 saturated carbocycles. The number of hydrogen-bond donors (Lipinski definition) is 2. The molecule has 0 rings (SSSR count). The summed E-state index contributed by atoms with van der Waals surface area (Å²) in [7, 11) is 8.20. The van der Waals surface area contributed by atoms with Crippen molar-refractivity contribution in [3.63, 3.8) is 0 Å². The third-order valence-corrected chi connectivity index (χ3v) is 0.629. The topological polar surface area (TPSA) is 36.4 Å². The Morgan fingerprint density at radius 2 is 1.90 bits per heavy atom. The van der Waals surface area contributed by atoms with Crippen molar-refractivity contribution in [3.05, 3.63) is 0 Å². The third-order valence-electron chi connectivity index (χ3n) is 0.629. The number of hydrogen-bond acceptors (Lipinski definition) is 2. The molecule has 0 aliphatic rings. The molecule has 10 heavy (non-hydrogen) atoms. The van der Waals surface area contributed by atoms with E-state index in [0.717, 1.165) is 13.1 Å². The van der Waals surface area contributed by atoms with E-state index in [-0.39, 0.29) is 0 Å². The van der Waals surface area contributed by atoms with Crippen molar-refractivity contribution in [1.29, 1.82) is 0 Å². The van der Waals surface area contributed by atoms with Crippen molar-refractivity contribution in [2.24, 2.45) is 4.90 Å². The van der Waals surface area contributed by atoms with Gasteiger partial charge in [0, 0.05) is 0 Å². The van der Waals surface area contributed by atoms with Gasteiger partial charge in [0.25, 0.3) is 0 Å². The van der Waals surface area contributed by atoms with Gasteiger partial charge in [-0.2, -0.15) is 0 Å². The summed E-state index contributed by atoms with van der Waals surface area (Å²) < 4.78 is 0. The largest absolute Gasteiger partial charge is 0.366 e. The van der Waals surface area contributed by atoms with E-state index in [9.17, 15) is 0 Å². The summed E-state index contributed by atoms with van der Waals surface area (Å²) in [5.74, 6) is 0. The SMILES string of the molecule is CCNB=NC.[B]NCC. The molecule has 0 fully saturated rings. The average molecular weight is 139 g/mol. The van der Waals surface area contributed by atoms with E-state index in [1.54, 1.807) is 14.3 Å². The summed E-state index contributed by atoms with van der Waals surface area (Å²) in [5.41, 5.74) is 0. The van der Waals surface area contributed by atoms with Crippen LogP contribution in [-0.4, -0.2) is 35.3 Å². The molecular weight excluding hydrogens is 124 g/mol. The minimum atomic E-state index is 0.847. The quantitative estimate of drug-likeness (QED) is 0.526. The molecular formula is C5H15B2N3. The summed E-state index contributed by atoms with van der Waals surface area (Å²) >= 11 is 0. The zero-order chi connectivity index (χ0) is 8.24. The van der Waals surface area contributed by atoms with E-state index in [2.05, 4.69) is 15.4 Å². The number of nitrogens with one attached hydrogen (secondary N) is 2. The Labute approximate surface area is 65.4 Å². The Balaban J connectivity index is 0. The molecule has 0 aliphatic heterocycles. The molecule has 0 saturated heterocycles. The fourth-order valence-electron chi connectivity index (χ4n) is 0.183. The van der Waals surface area contributed by atoms with Gasteiger partial charge in [0.15, 0.2) is 7.98 Å². The van der Waals surface area contributed by atoms with Crippen molar-refractivity contribution in [2.45, 2.75) is 13.8 Å². The molecule has 0 spiro atoms. The third kappa shape index (κ3) is 25.3. The minimum absolute atomic E-state index is 0.847. The van der Waals surface area contributed by atoms with Gasteiger partial charge in [-0.25, -0.2) is 0 Å². The van der Waals surface area contributed by atoms with Crippen molar-refractivity contribution < 1.29 is 0 Å². The van der Waals surface area contributed by atoms with Gasteiger partial charge in [0.05, 0.1) is 0 Å². The summed E-state index contributed by atoms with van der Waals surface area (Å²) in [6.45, 7) is 5.78. The molecule has 0 aliphatic carbocycles. The Bertz CT molecular complexity index is 65.9. The average Bonchev–Trinajstić information content (AvgIpc) is 2.01. The van der Waals surface area contributed by atoms with Crippen LogP contribution >= 0.6 is 0 Å². The molecule has 0 aromatic carbocycles. The van der Waals surface area contributed by atoms with Crippen LogP contribution in [0, 0.1) is 0 Å². The van der Waals surface area contributed by atoms with E-state index in [4.69, 9.17) is 7.98 Å². The van der Waals surface area contributed by atoms with Crippen molar-refractivity contribution >= 4 is 15.2 Å². The monoisotopic (exact) mass is 139 g/mol. The first kappa shape index (κ1) is 12.4. The molecule has 5 heteroatoms. The molecule has 0 bridgehead atoms. The van der Waals surface area contributed by atoms with E-state index in [0.29, 0.717) is 0 Å². The first-order valence-corrected chi connectivity index (χ1v) is 3.40. The number of nitrogens with zero attached hydrogens (tertiary/aromatic N) is 1. The Morgan fingerprint density at radius 3 is 2.00 bits per heavy atom. The zero-order valence-corrected chi connectivity index (χ0v) is 7.02. The fraction of sp³-hybridized carbons (Fsp3) is 1.00. The first-order chi connectivity index (χ1) is 4.83. The summed E-state index contributed by atoms with van der Waals surface area (Å²) in [6, 6.07) is 0. The zero-order valence-electron chi connectivity index (χ0n) is 7.02. The van der Waals surface area contributed by atoms with Crippen LogP contribution < -0.4 is 10.5 Å². The van der Waals surface area contributed by atoms with E-state index < -0.39 is 0 Å². The second-order valence-electron chi connectivity index (χ2n) is 1.50. The predicted molar refractivity (Wildman–Crippen MR) is 47.2 cm³/mol. The van der Waals surface area contributed by atoms with Crippen molar-refractivity contribution in [2.75, 3.05) is 20.1 Å². The van der Waals surface area contributed by atoms with Gasteiger partial charge in [-0.05, 0) is 6.54 Å². The smallest absolute Gasteiger partial charge is 0.177 e. The van der Waals surface area contributed by atoms with Gasteiger partial charge in [-0.3, -0.25) is 0 Å². The van der Waals surface area contributed by atoms with Gasteiger partial charge >= 0.3 is 37.8 Å². The van der Waals surface area contributed by atoms with Gasteiger partial charge in [0.2, 0.25) is 0 Å². The second kappa shape index (κ2) is 15.9. The molecule has 0 unspecified atom stereocenters. The van der Waals surface area contributed by atoms with E-state index in [1.165, 1.54) is 0 Å². The molecule has 2 N–H and O–H groups in total. The maximum atomic E-state index is 4.78. The van der Waals surface area contributed by atoms with E-state index in [1.807, 2.05) is 13.8 Å². The van der Waals surface area contributed by atoms with Gasteiger partial charge in [-0.15, -0.1) is 0 Å². The number of rotatable bonds is 3. The minimum Gasteiger partial charge on any atom is -0.366 e. The van der Waals surface area contributed by atoms with Crippen LogP contribution in [0.3, 0.4) is 0 Å². The first-order valence-electron chi connectivity index (χ1n) is 3.40. The summed E-state index contributed by atoms with van der Waals surface area (Å²) in [5, 5.41) is 5.34. The molecule has 0 amide bonds. The van der Waals surface area contributed by atoms with Gasteiger partial charge in [0.1, 0.15) is 0 Å². The molecule has 0 heterocycles. The van der Waals surface area contributed by atoms with Crippen LogP contribution in [0.5, 0.6) is 0 Å². The van der Waals surface area contributed by atoms with Crippen LogP contribution in [0.1, 0.15) is 13.8 Å².